The molecule has 82 valence electrons. The third kappa shape index (κ3) is 4.63. The van der Waals surface area contributed by atoms with Gasteiger partial charge in [-0.1, -0.05) is 29.8 Å². The Morgan fingerprint density at radius 3 is 2.47 bits per heavy atom. The second-order valence-corrected chi connectivity index (χ2v) is 4.13. The molecule has 0 aliphatic rings. The van der Waals surface area contributed by atoms with Crippen LogP contribution in [0, 0.1) is 6.92 Å². The Hall–Kier alpha value is -1.31. The molecular formula is C13H19NO. The van der Waals surface area contributed by atoms with E-state index in [1.807, 2.05) is 6.92 Å². The van der Waals surface area contributed by atoms with Gasteiger partial charge in [-0.15, -0.1) is 0 Å². The van der Waals surface area contributed by atoms with Crippen molar-refractivity contribution in [1.82, 2.24) is 5.32 Å². The smallest absolute Gasteiger partial charge is 0.217 e. The predicted molar refractivity (Wildman–Crippen MR) is 62.8 cm³/mol. The molecule has 0 bridgehead atoms. The molecule has 2 heteroatoms. The van der Waals surface area contributed by atoms with E-state index in [0.717, 1.165) is 12.8 Å². The highest BCUT2D eigenvalue weighted by atomic mass is 16.1. The highest BCUT2D eigenvalue weighted by molar-refractivity contribution is 5.73. The molecular weight excluding hydrogens is 186 g/mol. The fraction of sp³-hybridized carbons (Fsp3) is 0.462. The molecule has 0 aliphatic heterocycles. The molecule has 0 aromatic heterocycles. The monoisotopic (exact) mass is 205 g/mol. The summed E-state index contributed by atoms with van der Waals surface area (Å²) in [6.07, 6.45) is 2.00. The minimum Gasteiger partial charge on any atom is -0.354 e. The number of nitrogens with one attached hydrogen (secondary N) is 1. The van der Waals surface area contributed by atoms with E-state index in [-0.39, 0.29) is 11.9 Å². The first-order valence-electron chi connectivity index (χ1n) is 5.40. The minimum atomic E-state index is 0.0476. The van der Waals surface area contributed by atoms with Crippen molar-refractivity contribution in [2.75, 3.05) is 0 Å². The number of benzene rings is 1. The first kappa shape index (κ1) is 11.8. The summed E-state index contributed by atoms with van der Waals surface area (Å²) in [7, 11) is 0. The van der Waals surface area contributed by atoms with Crippen LogP contribution in [0.3, 0.4) is 0 Å². The van der Waals surface area contributed by atoms with E-state index in [2.05, 4.69) is 36.5 Å². The Kier molecular flexibility index (Phi) is 4.35. The fourth-order valence-corrected chi connectivity index (χ4v) is 1.56. The number of hydrogen-bond acceptors (Lipinski definition) is 1. The predicted octanol–water partition coefficient (Wildman–Crippen LogP) is 2.45. The van der Waals surface area contributed by atoms with Gasteiger partial charge in [0.15, 0.2) is 0 Å². The summed E-state index contributed by atoms with van der Waals surface area (Å²) in [6, 6.07) is 8.80. The van der Waals surface area contributed by atoms with Crippen LogP contribution in [-0.4, -0.2) is 11.9 Å². The second-order valence-electron chi connectivity index (χ2n) is 4.13. The molecule has 1 N–H and O–H groups in total. The molecule has 0 radical (unpaired) electrons. The number of amides is 1. The summed E-state index contributed by atoms with van der Waals surface area (Å²) in [5.41, 5.74) is 2.62. The van der Waals surface area contributed by atoms with Gasteiger partial charge in [0.25, 0.3) is 0 Å². The summed E-state index contributed by atoms with van der Waals surface area (Å²) >= 11 is 0. The second kappa shape index (κ2) is 5.54. The van der Waals surface area contributed by atoms with Crippen LogP contribution in [0.2, 0.25) is 0 Å². The van der Waals surface area contributed by atoms with Crippen LogP contribution in [0.4, 0.5) is 0 Å². The third-order valence-electron chi connectivity index (χ3n) is 2.44. The third-order valence-corrected chi connectivity index (χ3v) is 2.44. The van der Waals surface area contributed by atoms with Gasteiger partial charge < -0.3 is 5.32 Å². The highest BCUT2D eigenvalue weighted by Crippen LogP contribution is 2.07. The van der Waals surface area contributed by atoms with E-state index in [1.165, 1.54) is 11.1 Å². The average Bonchev–Trinajstić information content (AvgIpc) is 2.16. The Bertz CT molecular complexity index is 316. The van der Waals surface area contributed by atoms with Crippen LogP contribution < -0.4 is 5.32 Å². The summed E-state index contributed by atoms with van der Waals surface area (Å²) in [6.45, 7) is 5.68. The van der Waals surface area contributed by atoms with Gasteiger partial charge in [-0.2, -0.15) is 0 Å². The topological polar surface area (TPSA) is 29.1 Å². The quantitative estimate of drug-likeness (QED) is 0.803. The van der Waals surface area contributed by atoms with E-state index in [0.29, 0.717) is 0 Å². The van der Waals surface area contributed by atoms with Crippen molar-refractivity contribution >= 4 is 5.91 Å². The summed E-state index contributed by atoms with van der Waals surface area (Å²) in [4.78, 5) is 10.8. The van der Waals surface area contributed by atoms with Gasteiger partial charge in [0.1, 0.15) is 0 Å². The van der Waals surface area contributed by atoms with Crippen LogP contribution >= 0.6 is 0 Å². The SMILES string of the molecule is CC(=O)NC(C)CCc1ccc(C)cc1. The molecule has 1 rings (SSSR count). The molecule has 0 saturated heterocycles. The van der Waals surface area contributed by atoms with Crippen molar-refractivity contribution in [3.8, 4) is 0 Å². The van der Waals surface area contributed by atoms with Gasteiger partial charge in [-0.3, -0.25) is 4.79 Å². The number of carbonyl (C=O) groups is 1. The van der Waals surface area contributed by atoms with E-state index >= 15 is 0 Å². The fourth-order valence-electron chi connectivity index (χ4n) is 1.56. The maximum atomic E-state index is 10.8. The molecule has 15 heavy (non-hydrogen) atoms. The molecule has 0 aliphatic carbocycles. The van der Waals surface area contributed by atoms with Gasteiger partial charge in [0, 0.05) is 13.0 Å². The zero-order valence-electron chi connectivity index (χ0n) is 9.71. The van der Waals surface area contributed by atoms with Crippen molar-refractivity contribution < 1.29 is 4.79 Å². The molecule has 1 aromatic rings. The highest BCUT2D eigenvalue weighted by Gasteiger charge is 2.03. The summed E-state index contributed by atoms with van der Waals surface area (Å²) in [5.74, 6) is 0.0476. The van der Waals surface area contributed by atoms with Gasteiger partial charge in [-0.25, -0.2) is 0 Å². The van der Waals surface area contributed by atoms with Crippen molar-refractivity contribution in [2.45, 2.75) is 39.7 Å². The lowest BCUT2D eigenvalue weighted by Gasteiger charge is -2.12. The number of carbonyl (C=O) groups excluding carboxylic acids is 1. The Morgan fingerprint density at radius 1 is 1.33 bits per heavy atom. The molecule has 0 heterocycles. The van der Waals surface area contributed by atoms with Crippen molar-refractivity contribution in [3.05, 3.63) is 35.4 Å². The minimum absolute atomic E-state index is 0.0476. The largest absolute Gasteiger partial charge is 0.354 e. The molecule has 1 unspecified atom stereocenters. The van der Waals surface area contributed by atoms with Crippen LogP contribution in [0.15, 0.2) is 24.3 Å². The Labute approximate surface area is 91.7 Å². The van der Waals surface area contributed by atoms with Crippen molar-refractivity contribution in [3.63, 3.8) is 0 Å². The standard InChI is InChI=1S/C13H19NO/c1-10-4-7-13(8-5-10)9-6-11(2)14-12(3)15/h4-5,7-8,11H,6,9H2,1-3H3,(H,14,15). The van der Waals surface area contributed by atoms with Gasteiger partial charge >= 0.3 is 0 Å². The lowest BCUT2D eigenvalue weighted by atomic mass is 10.0. The molecule has 2 nitrogen and oxygen atoms in total. The lowest BCUT2D eigenvalue weighted by Crippen LogP contribution is -2.30. The van der Waals surface area contributed by atoms with Crippen LogP contribution in [0.1, 0.15) is 31.4 Å². The summed E-state index contributed by atoms with van der Waals surface area (Å²) < 4.78 is 0. The first-order valence-corrected chi connectivity index (χ1v) is 5.40. The van der Waals surface area contributed by atoms with Gasteiger partial charge in [0.2, 0.25) is 5.91 Å². The molecule has 1 amide bonds. The van der Waals surface area contributed by atoms with Crippen LogP contribution in [0.5, 0.6) is 0 Å². The average molecular weight is 205 g/mol. The van der Waals surface area contributed by atoms with Crippen LogP contribution in [0.25, 0.3) is 0 Å². The molecule has 0 saturated carbocycles. The number of rotatable bonds is 4. The summed E-state index contributed by atoms with van der Waals surface area (Å²) in [5, 5.41) is 2.89. The van der Waals surface area contributed by atoms with E-state index in [1.54, 1.807) is 6.92 Å². The van der Waals surface area contributed by atoms with Crippen molar-refractivity contribution in [2.24, 2.45) is 0 Å². The van der Waals surface area contributed by atoms with Gasteiger partial charge in [-0.05, 0) is 32.3 Å². The Morgan fingerprint density at radius 2 is 1.93 bits per heavy atom. The normalized spacial score (nSPS) is 12.2. The number of aryl methyl sites for hydroxylation is 2. The number of hydrogen-bond donors (Lipinski definition) is 1. The van der Waals surface area contributed by atoms with Crippen LogP contribution in [-0.2, 0) is 11.2 Å². The Balaban J connectivity index is 2.36. The molecule has 1 atom stereocenters. The molecule has 0 fully saturated rings. The lowest BCUT2D eigenvalue weighted by molar-refractivity contribution is -0.119. The molecule has 0 spiro atoms. The zero-order chi connectivity index (χ0) is 11.3. The zero-order valence-corrected chi connectivity index (χ0v) is 9.71. The maximum absolute atomic E-state index is 10.8. The van der Waals surface area contributed by atoms with Gasteiger partial charge in [0.05, 0.1) is 0 Å². The van der Waals surface area contributed by atoms with E-state index < -0.39 is 0 Å². The van der Waals surface area contributed by atoms with Crippen molar-refractivity contribution in [1.29, 1.82) is 0 Å². The molecule has 1 aromatic carbocycles. The maximum Gasteiger partial charge on any atom is 0.217 e. The van der Waals surface area contributed by atoms with E-state index in [9.17, 15) is 4.79 Å². The van der Waals surface area contributed by atoms with E-state index in [4.69, 9.17) is 0 Å². The first-order chi connectivity index (χ1) is 7.08.